The first-order valence-corrected chi connectivity index (χ1v) is 5.71. The zero-order valence-electron chi connectivity index (χ0n) is 9.82. The number of nitrogens with one attached hydrogen (secondary N) is 1. The van der Waals surface area contributed by atoms with Crippen LogP contribution in [0.25, 0.3) is 0 Å². The molecule has 1 aromatic heterocycles. The molecule has 0 atom stereocenters. The Bertz CT molecular complexity index is 595. The molecule has 3 N–H and O–H groups in total. The van der Waals surface area contributed by atoms with E-state index in [-0.39, 0.29) is 11.4 Å². The highest BCUT2D eigenvalue weighted by Gasteiger charge is 2.03. The van der Waals surface area contributed by atoms with Gasteiger partial charge in [0.15, 0.2) is 0 Å². The third-order valence-corrected chi connectivity index (χ3v) is 2.50. The van der Waals surface area contributed by atoms with Crippen molar-refractivity contribution >= 4 is 0 Å². The average Bonchev–Trinajstić information content (AvgIpc) is 2.28. The van der Waals surface area contributed by atoms with Gasteiger partial charge >= 0.3 is 0 Å². The Labute approximate surface area is 104 Å². The van der Waals surface area contributed by atoms with E-state index < -0.39 is 0 Å². The second-order valence-electron chi connectivity index (χ2n) is 4.03. The highest BCUT2D eigenvalue weighted by molar-refractivity contribution is 5.20. The van der Waals surface area contributed by atoms with Crippen molar-refractivity contribution in [1.82, 2.24) is 9.97 Å². The molecule has 1 heterocycles. The molecule has 0 radical (unpaired) electrons. The molecule has 0 aliphatic heterocycles. The number of rotatable bonds is 4. The molecular weight excluding hydrogens is 233 g/mol. The molecule has 0 aliphatic carbocycles. The first kappa shape index (κ1) is 12.4. The first-order chi connectivity index (χ1) is 8.67. The van der Waals surface area contributed by atoms with Gasteiger partial charge < -0.3 is 10.7 Å². The van der Waals surface area contributed by atoms with Crippen LogP contribution in [0.2, 0.25) is 0 Å². The molecule has 94 valence electrons. The number of nitrogens with zero attached hydrogens (tertiary/aromatic N) is 1. The maximum Gasteiger partial charge on any atom is 0.251 e. The normalized spacial score (nSPS) is 10.6. The molecule has 18 heavy (non-hydrogen) atoms. The molecule has 4 nitrogen and oxygen atoms in total. The molecule has 0 saturated heterocycles. The van der Waals surface area contributed by atoms with E-state index in [1.807, 2.05) is 0 Å². The smallest absolute Gasteiger partial charge is 0.251 e. The molecule has 0 fully saturated rings. The van der Waals surface area contributed by atoms with Crippen molar-refractivity contribution in [2.75, 3.05) is 6.54 Å². The molecular formula is C13H14FN3O. The lowest BCUT2D eigenvalue weighted by Crippen LogP contribution is -2.15. The number of aromatic nitrogens is 2. The van der Waals surface area contributed by atoms with Crippen LogP contribution >= 0.6 is 0 Å². The molecule has 0 amide bonds. The largest absolute Gasteiger partial charge is 0.330 e. The predicted molar refractivity (Wildman–Crippen MR) is 66.8 cm³/mol. The third-order valence-electron chi connectivity index (χ3n) is 2.50. The summed E-state index contributed by atoms with van der Waals surface area (Å²) in [6, 6.07) is 7.66. The van der Waals surface area contributed by atoms with Gasteiger partial charge in [0.2, 0.25) is 0 Å². The molecule has 1 aromatic carbocycles. The van der Waals surface area contributed by atoms with Gasteiger partial charge in [-0.2, -0.15) is 0 Å². The Morgan fingerprint density at radius 2 is 2.17 bits per heavy atom. The summed E-state index contributed by atoms with van der Waals surface area (Å²) in [6.07, 6.45) is 0.950. The van der Waals surface area contributed by atoms with Gasteiger partial charge in [-0.3, -0.25) is 4.79 Å². The first-order valence-electron chi connectivity index (χ1n) is 5.71. The van der Waals surface area contributed by atoms with Crippen molar-refractivity contribution < 1.29 is 4.39 Å². The summed E-state index contributed by atoms with van der Waals surface area (Å²) in [5.74, 6) is 0.226. The van der Waals surface area contributed by atoms with Crippen LogP contribution in [0.1, 0.15) is 17.1 Å². The van der Waals surface area contributed by atoms with E-state index >= 15 is 0 Å². The van der Waals surface area contributed by atoms with Crippen molar-refractivity contribution in [1.29, 1.82) is 0 Å². The van der Waals surface area contributed by atoms with Crippen LogP contribution in [0.15, 0.2) is 35.1 Å². The van der Waals surface area contributed by atoms with E-state index in [2.05, 4.69) is 9.97 Å². The van der Waals surface area contributed by atoms with Gasteiger partial charge in [0.25, 0.3) is 5.56 Å². The zero-order valence-corrected chi connectivity index (χ0v) is 9.82. The Morgan fingerprint density at radius 3 is 2.89 bits per heavy atom. The van der Waals surface area contributed by atoms with Gasteiger partial charge in [0, 0.05) is 24.6 Å². The van der Waals surface area contributed by atoms with Gasteiger partial charge in [-0.1, -0.05) is 12.1 Å². The van der Waals surface area contributed by atoms with Crippen LogP contribution in [0.4, 0.5) is 4.39 Å². The Balaban J connectivity index is 2.26. The topological polar surface area (TPSA) is 71.8 Å². The molecule has 0 bridgehead atoms. The van der Waals surface area contributed by atoms with Gasteiger partial charge in [0.1, 0.15) is 11.6 Å². The number of hydrogen-bond acceptors (Lipinski definition) is 3. The fourth-order valence-electron chi connectivity index (χ4n) is 1.76. The van der Waals surface area contributed by atoms with Gasteiger partial charge in [-0.25, -0.2) is 9.37 Å². The Hall–Kier alpha value is -2.01. The van der Waals surface area contributed by atoms with Gasteiger partial charge in [-0.05, 0) is 24.2 Å². The Kier molecular flexibility index (Phi) is 3.84. The van der Waals surface area contributed by atoms with Crippen LogP contribution in [0.5, 0.6) is 0 Å². The highest BCUT2D eigenvalue weighted by Crippen LogP contribution is 2.07. The molecule has 0 aliphatic rings. The number of hydrogen-bond donors (Lipinski definition) is 2. The van der Waals surface area contributed by atoms with E-state index in [9.17, 15) is 9.18 Å². The number of halogens is 1. The monoisotopic (exact) mass is 247 g/mol. The summed E-state index contributed by atoms with van der Waals surface area (Å²) in [6.45, 7) is 0.440. The second-order valence-corrected chi connectivity index (χ2v) is 4.03. The number of benzene rings is 1. The third kappa shape index (κ3) is 3.24. The quantitative estimate of drug-likeness (QED) is 0.846. The van der Waals surface area contributed by atoms with Crippen molar-refractivity contribution in [3.63, 3.8) is 0 Å². The summed E-state index contributed by atoms with van der Waals surface area (Å²) in [5.41, 5.74) is 6.65. The maximum absolute atomic E-state index is 13.0. The van der Waals surface area contributed by atoms with Crippen LogP contribution < -0.4 is 11.3 Å². The van der Waals surface area contributed by atoms with Crippen LogP contribution in [-0.2, 0) is 12.8 Å². The molecule has 0 saturated carbocycles. The number of H-pyrrole nitrogens is 1. The van der Waals surface area contributed by atoms with E-state index in [1.165, 1.54) is 18.2 Å². The van der Waals surface area contributed by atoms with Crippen molar-refractivity contribution in [3.05, 3.63) is 63.6 Å². The molecule has 2 rings (SSSR count). The second kappa shape index (κ2) is 5.55. The minimum Gasteiger partial charge on any atom is -0.330 e. The lowest BCUT2D eigenvalue weighted by molar-refractivity contribution is 0.625. The molecule has 0 spiro atoms. The van der Waals surface area contributed by atoms with Gasteiger partial charge in [0.05, 0.1) is 0 Å². The van der Waals surface area contributed by atoms with Crippen LogP contribution in [0.3, 0.4) is 0 Å². The van der Waals surface area contributed by atoms with E-state index in [4.69, 9.17) is 5.73 Å². The zero-order chi connectivity index (χ0) is 13.0. The van der Waals surface area contributed by atoms with E-state index in [0.717, 1.165) is 5.56 Å². The van der Waals surface area contributed by atoms with E-state index in [1.54, 1.807) is 12.1 Å². The van der Waals surface area contributed by atoms with Gasteiger partial charge in [-0.15, -0.1) is 0 Å². The number of nitrogens with two attached hydrogens (primary N) is 1. The van der Waals surface area contributed by atoms with Crippen molar-refractivity contribution in [2.24, 2.45) is 5.73 Å². The molecule has 0 unspecified atom stereocenters. The lowest BCUT2D eigenvalue weighted by Gasteiger charge is -2.04. The molecule has 2 aromatic rings. The standard InChI is InChI=1S/C13H14FN3O/c14-10-3-1-2-9(6-10)7-12-16-11(4-5-15)8-13(18)17-12/h1-3,6,8H,4-5,7,15H2,(H,16,17,18). The number of aromatic amines is 1. The minimum absolute atomic E-state index is 0.208. The summed E-state index contributed by atoms with van der Waals surface area (Å²) < 4.78 is 13.0. The fourth-order valence-corrected chi connectivity index (χ4v) is 1.76. The van der Waals surface area contributed by atoms with Crippen molar-refractivity contribution in [3.8, 4) is 0 Å². The molecule has 5 heteroatoms. The summed E-state index contributed by atoms with van der Waals surface area (Å²) in [5, 5.41) is 0. The SMILES string of the molecule is NCCc1cc(=O)[nH]c(Cc2cccc(F)c2)n1. The fraction of sp³-hybridized carbons (Fsp3) is 0.231. The summed E-state index contributed by atoms with van der Waals surface area (Å²) in [4.78, 5) is 18.4. The van der Waals surface area contributed by atoms with Crippen LogP contribution in [0, 0.1) is 5.82 Å². The predicted octanol–water partition coefficient (Wildman–Crippen LogP) is 1.00. The lowest BCUT2D eigenvalue weighted by atomic mass is 10.1. The maximum atomic E-state index is 13.0. The van der Waals surface area contributed by atoms with E-state index in [0.29, 0.717) is 30.9 Å². The Morgan fingerprint density at radius 1 is 1.33 bits per heavy atom. The minimum atomic E-state index is -0.298. The van der Waals surface area contributed by atoms with Crippen LogP contribution in [-0.4, -0.2) is 16.5 Å². The summed E-state index contributed by atoms with van der Waals surface area (Å²) in [7, 11) is 0. The summed E-state index contributed by atoms with van der Waals surface area (Å²) >= 11 is 0. The highest BCUT2D eigenvalue weighted by atomic mass is 19.1. The van der Waals surface area contributed by atoms with Crippen molar-refractivity contribution in [2.45, 2.75) is 12.8 Å². The average molecular weight is 247 g/mol.